The summed E-state index contributed by atoms with van der Waals surface area (Å²) < 4.78 is 16.0. The minimum Gasteiger partial charge on any atom is -0.503 e. The second-order valence-electron chi connectivity index (χ2n) is 7.09. The molecule has 0 aliphatic carbocycles. The zero-order chi connectivity index (χ0) is 22.4. The number of carbonyl (C=O) groups excluding carboxylic acids is 3. The van der Waals surface area contributed by atoms with Crippen LogP contribution in [0.3, 0.4) is 0 Å². The second kappa shape index (κ2) is 7.69. The van der Waals surface area contributed by atoms with Crippen molar-refractivity contribution in [3.05, 3.63) is 57.6 Å². The first-order valence-corrected chi connectivity index (χ1v) is 10.00. The molecular weight excluding hydrogens is 472 g/mol. The van der Waals surface area contributed by atoms with Gasteiger partial charge in [-0.2, -0.15) is 0 Å². The Morgan fingerprint density at radius 2 is 1.94 bits per heavy atom. The van der Waals surface area contributed by atoms with Gasteiger partial charge < -0.3 is 18.8 Å². The molecule has 1 aromatic carbocycles. The number of carbonyl (C=O) groups is 3. The Hall–Kier alpha value is -3.40. The van der Waals surface area contributed by atoms with Gasteiger partial charge in [0.15, 0.2) is 23.1 Å². The number of hydrogen-bond acceptors (Lipinski definition) is 8. The van der Waals surface area contributed by atoms with Crippen LogP contribution in [0.2, 0.25) is 0 Å². The van der Waals surface area contributed by atoms with E-state index in [0.29, 0.717) is 17.1 Å². The molecule has 31 heavy (non-hydrogen) atoms. The number of hydrogen-bond donors (Lipinski definition) is 1. The lowest BCUT2D eigenvalue weighted by Gasteiger charge is -2.25. The number of phenolic OH excluding ortho intramolecular Hbond substituents is 1. The van der Waals surface area contributed by atoms with Crippen molar-refractivity contribution < 1.29 is 33.2 Å². The van der Waals surface area contributed by atoms with Gasteiger partial charge in [-0.1, -0.05) is 5.16 Å². The zero-order valence-corrected chi connectivity index (χ0v) is 18.3. The van der Waals surface area contributed by atoms with Crippen molar-refractivity contribution >= 4 is 39.2 Å². The first-order chi connectivity index (χ1) is 14.7. The average Bonchev–Trinajstić information content (AvgIpc) is 3.42. The largest absolute Gasteiger partial charge is 0.503 e. The highest BCUT2D eigenvalue weighted by Crippen LogP contribution is 2.45. The van der Waals surface area contributed by atoms with Crippen LogP contribution in [0.15, 0.2) is 43.7 Å². The summed E-state index contributed by atoms with van der Waals surface area (Å²) in [4.78, 5) is 40.4. The van der Waals surface area contributed by atoms with Crippen LogP contribution in [-0.2, 0) is 9.59 Å². The lowest BCUT2D eigenvalue weighted by Crippen LogP contribution is -2.31. The van der Waals surface area contributed by atoms with Crippen molar-refractivity contribution in [2.45, 2.75) is 19.9 Å². The van der Waals surface area contributed by atoms with Crippen LogP contribution >= 0.6 is 15.9 Å². The molecule has 1 aliphatic heterocycles. The van der Waals surface area contributed by atoms with Crippen LogP contribution in [-0.4, -0.2) is 34.8 Å². The van der Waals surface area contributed by atoms with Crippen molar-refractivity contribution in [1.29, 1.82) is 0 Å². The molecule has 0 radical (unpaired) electrons. The van der Waals surface area contributed by atoms with E-state index in [1.807, 2.05) is 0 Å². The zero-order valence-electron chi connectivity index (χ0n) is 16.7. The molecule has 1 amide bonds. The molecule has 1 saturated heterocycles. The van der Waals surface area contributed by atoms with E-state index in [-0.39, 0.29) is 27.5 Å². The van der Waals surface area contributed by atoms with E-state index >= 15 is 0 Å². The van der Waals surface area contributed by atoms with Crippen molar-refractivity contribution in [2.75, 3.05) is 12.0 Å². The number of amides is 1. The number of aromatic hydroxyl groups is 1. The average molecular weight is 489 g/mol. The summed E-state index contributed by atoms with van der Waals surface area (Å²) in [5.74, 6) is -2.89. The van der Waals surface area contributed by atoms with Crippen molar-refractivity contribution in [2.24, 2.45) is 5.92 Å². The quantitative estimate of drug-likeness (QED) is 0.328. The fourth-order valence-electron chi connectivity index (χ4n) is 3.63. The molecule has 2 aromatic heterocycles. The Labute approximate surface area is 184 Å². The fourth-order valence-corrected chi connectivity index (χ4v) is 4.09. The molecule has 1 fully saturated rings. The highest BCUT2D eigenvalue weighted by atomic mass is 79.9. The number of rotatable bonds is 5. The molecule has 10 heteroatoms. The number of nitrogens with zero attached hydrogens (tertiary/aromatic N) is 2. The van der Waals surface area contributed by atoms with E-state index in [4.69, 9.17) is 13.7 Å². The Bertz CT molecular complexity index is 1210. The van der Waals surface area contributed by atoms with Crippen LogP contribution in [0.1, 0.15) is 33.7 Å². The Balaban J connectivity index is 1.91. The topological polar surface area (TPSA) is 123 Å². The van der Waals surface area contributed by atoms with Gasteiger partial charge in [0, 0.05) is 6.07 Å². The summed E-state index contributed by atoms with van der Waals surface area (Å²) in [7, 11) is 1.36. The molecule has 2 unspecified atom stereocenters. The molecule has 1 aliphatic rings. The predicted octanol–water partition coefficient (Wildman–Crippen LogP) is 3.52. The summed E-state index contributed by atoms with van der Waals surface area (Å²) in [6.07, 6.45) is 0. The van der Waals surface area contributed by atoms with Crippen molar-refractivity contribution in [3.8, 4) is 11.5 Å². The first kappa shape index (κ1) is 20.9. The predicted molar refractivity (Wildman–Crippen MR) is 110 cm³/mol. The third-order valence-corrected chi connectivity index (χ3v) is 5.65. The maximum absolute atomic E-state index is 13.3. The van der Waals surface area contributed by atoms with Crippen LogP contribution in [0, 0.1) is 19.8 Å². The van der Waals surface area contributed by atoms with E-state index in [9.17, 15) is 19.5 Å². The minimum atomic E-state index is -1.39. The van der Waals surface area contributed by atoms with Crippen LogP contribution in [0.25, 0.3) is 0 Å². The molecule has 1 N–H and O–H groups in total. The number of ketones is 2. The number of aryl methyl sites for hydroxylation is 2. The van der Waals surface area contributed by atoms with Gasteiger partial charge in [-0.25, -0.2) is 0 Å². The maximum Gasteiger partial charge on any atom is 0.297 e. The van der Waals surface area contributed by atoms with E-state index in [2.05, 4.69) is 21.1 Å². The number of furan rings is 1. The van der Waals surface area contributed by atoms with E-state index < -0.39 is 29.4 Å². The van der Waals surface area contributed by atoms with Crippen molar-refractivity contribution in [1.82, 2.24) is 5.16 Å². The van der Waals surface area contributed by atoms with Gasteiger partial charge in [0.2, 0.25) is 11.6 Å². The smallest absolute Gasteiger partial charge is 0.297 e. The Morgan fingerprint density at radius 3 is 2.52 bits per heavy atom. The third-order valence-electron chi connectivity index (χ3n) is 5.05. The highest BCUT2D eigenvalue weighted by Gasteiger charge is 2.54. The van der Waals surface area contributed by atoms with Gasteiger partial charge in [-0.05, 0) is 59.6 Å². The van der Waals surface area contributed by atoms with Gasteiger partial charge in [0.05, 0.1) is 17.6 Å². The Morgan fingerprint density at radius 1 is 1.19 bits per heavy atom. The number of Topliss-reactive ketones (excluding diaryl/α,β-unsaturated/α-hetero) is 2. The molecular formula is C21H17BrN2O7. The normalized spacial score (nSPS) is 18.6. The molecule has 3 heterocycles. The van der Waals surface area contributed by atoms with E-state index in [1.165, 1.54) is 31.4 Å². The molecule has 160 valence electrons. The number of methoxy groups -OCH3 is 1. The number of benzene rings is 1. The van der Waals surface area contributed by atoms with Crippen molar-refractivity contribution in [3.63, 3.8) is 0 Å². The molecule has 4 rings (SSSR count). The first-order valence-electron chi connectivity index (χ1n) is 9.20. The minimum absolute atomic E-state index is 0.0309. The SMILES string of the molecule is COc1cc(C2C(C(=O)c3ccc(C)o3)C(=O)C(=O)N2c2cc(C)on2)cc(Br)c1O. The lowest BCUT2D eigenvalue weighted by atomic mass is 9.88. The number of aromatic nitrogens is 1. The number of phenols is 1. The van der Waals surface area contributed by atoms with E-state index in [0.717, 1.165) is 4.90 Å². The highest BCUT2D eigenvalue weighted by molar-refractivity contribution is 9.10. The van der Waals surface area contributed by atoms with Crippen LogP contribution < -0.4 is 9.64 Å². The molecule has 0 bridgehead atoms. The summed E-state index contributed by atoms with van der Waals surface area (Å²) in [5, 5.41) is 14.0. The Kier molecular flexibility index (Phi) is 5.18. The standard InChI is InChI=1S/C21H17BrN2O7/c1-9-4-5-13(30-9)19(26)16-17(11-7-12(22)18(25)14(8-11)29-3)24(21(28)20(16)27)15-6-10(2)31-23-15/h4-8,16-17,25H,1-3H3. The monoisotopic (exact) mass is 488 g/mol. The summed E-state index contributed by atoms with van der Waals surface area (Å²) in [6, 6.07) is 6.47. The second-order valence-corrected chi connectivity index (χ2v) is 7.94. The maximum atomic E-state index is 13.3. The van der Waals surface area contributed by atoms with Gasteiger partial charge in [0.25, 0.3) is 5.91 Å². The van der Waals surface area contributed by atoms with Gasteiger partial charge in [-0.15, -0.1) is 0 Å². The summed E-state index contributed by atoms with van der Waals surface area (Å²) in [5.41, 5.74) is 0.378. The molecule has 3 aromatic rings. The van der Waals surface area contributed by atoms with Gasteiger partial charge >= 0.3 is 0 Å². The number of halogens is 1. The van der Waals surface area contributed by atoms with Gasteiger partial charge in [0.1, 0.15) is 17.4 Å². The lowest BCUT2D eigenvalue weighted by molar-refractivity contribution is -0.135. The van der Waals surface area contributed by atoms with Gasteiger partial charge in [-0.3, -0.25) is 19.3 Å². The molecule has 2 atom stereocenters. The molecule has 0 spiro atoms. The molecule has 9 nitrogen and oxygen atoms in total. The number of anilines is 1. The van der Waals surface area contributed by atoms with E-state index in [1.54, 1.807) is 19.9 Å². The van der Waals surface area contributed by atoms with Crippen LogP contribution in [0.4, 0.5) is 5.82 Å². The summed E-state index contributed by atoms with van der Waals surface area (Å²) in [6.45, 7) is 3.31. The van der Waals surface area contributed by atoms with Crippen LogP contribution in [0.5, 0.6) is 11.5 Å². The number of ether oxygens (including phenoxy) is 1. The molecule has 0 saturated carbocycles. The summed E-state index contributed by atoms with van der Waals surface area (Å²) >= 11 is 3.24. The fraction of sp³-hybridized carbons (Fsp3) is 0.238. The third kappa shape index (κ3) is 3.42.